The fourth-order valence-electron chi connectivity index (χ4n) is 2.43. The average Bonchev–Trinajstić information content (AvgIpc) is 2.50. The van der Waals surface area contributed by atoms with Crippen molar-refractivity contribution in [1.82, 2.24) is 0 Å². The molecule has 0 saturated carbocycles. The Morgan fingerprint density at radius 1 is 0.952 bits per heavy atom. The number of aliphatic hydroxyl groups excluding tert-OH is 2. The van der Waals surface area contributed by atoms with Gasteiger partial charge in [0.25, 0.3) is 0 Å². The van der Waals surface area contributed by atoms with Crippen LogP contribution in [0, 0.1) is 5.41 Å². The topological polar surface area (TPSA) is 40.5 Å². The zero-order valence-electron chi connectivity index (χ0n) is 11.6. The Bertz CT molecular complexity index is 583. The molecule has 2 N–H and O–H groups in total. The van der Waals surface area contributed by atoms with E-state index in [2.05, 4.69) is 15.9 Å². The minimum absolute atomic E-state index is 0.0925. The number of benzene rings is 2. The summed E-state index contributed by atoms with van der Waals surface area (Å²) in [6.07, 6.45) is 1.13. The van der Waals surface area contributed by atoms with E-state index in [0.29, 0.717) is 17.9 Å². The molecule has 0 atom stereocenters. The lowest BCUT2D eigenvalue weighted by molar-refractivity contribution is 0.0548. The fourth-order valence-corrected chi connectivity index (χ4v) is 3.17. The maximum atomic E-state index is 9.83. The minimum Gasteiger partial charge on any atom is -0.396 e. The minimum atomic E-state index is -0.612. The van der Waals surface area contributed by atoms with Gasteiger partial charge in [-0.15, -0.1) is 0 Å². The molecule has 0 aliphatic heterocycles. The summed E-state index contributed by atoms with van der Waals surface area (Å²) in [5.41, 5.74) is 1.41. The number of hydrogen-bond donors (Lipinski definition) is 2. The number of hydrogen-bond acceptors (Lipinski definition) is 2. The summed E-state index contributed by atoms with van der Waals surface area (Å²) < 4.78 is 0.915. The Morgan fingerprint density at radius 2 is 1.62 bits per heavy atom. The van der Waals surface area contributed by atoms with Crippen LogP contribution < -0.4 is 0 Å². The third kappa shape index (κ3) is 4.30. The van der Waals surface area contributed by atoms with Crippen LogP contribution in [0.1, 0.15) is 11.1 Å². The lowest BCUT2D eigenvalue weighted by Crippen LogP contribution is -2.35. The summed E-state index contributed by atoms with van der Waals surface area (Å²) in [5.74, 6) is 0. The highest BCUT2D eigenvalue weighted by Crippen LogP contribution is 2.31. The summed E-state index contributed by atoms with van der Waals surface area (Å²) in [4.78, 5) is 0. The molecule has 4 heteroatoms. The monoisotopic (exact) mass is 368 g/mol. The van der Waals surface area contributed by atoms with Crippen LogP contribution in [0.4, 0.5) is 0 Å². The molecule has 0 aliphatic carbocycles. The van der Waals surface area contributed by atoms with E-state index in [1.54, 1.807) is 0 Å². The second kappa shape index (κ2) is 7.41. The highest BCUT2D eigenvalue weighted by atomic mass is 79.9. The molecular formula is C17H18BrClO2. The summed E-state index contributed by atoms with van der Waals surface area (Å²) in [6, 6.07) is 15.6. The van der Waals surface area contributed by atoms with Gasteiger partial charge in [-0.1, -0.05) is 63.9 Å². The van der Waals surface area contributed by atoms with Crippen molar-refractivity contribution in [3.8, 4) is 0 Å². The molecule has 21 heavy (non-hydrogen) atoms. The van der Waals surface area contributed by atoms with Crippen molar-refractivity contribution in [3.05, 3.63) is 69.2 Å². The molecule has 2 nitrogen and oxygen atoms in total. The van der Waals surface area contributed by atoms with Crippen LogP contribution in [0.15, 0.2) is 53.0 Å². The van der Waals surface area contributed by atoms with Gasteiger partial charge < -0.3 is 10.2 Å². The Balaban J connectivity index is 2.25. The van der Waals surface area contributed by atoms with Crippen molar-refractivity contribution in [2.24, 2.45) is 5.41 Å². The van der Waals surface area contributed by atoms with E-state index >= 15 is 0 Å². The Kier molecular flexibility index (Phi) is 5.82. The van der Waals surface area contributed by atoms with Gasteiger partial charge in [-0.05, 0) is 36.1 Å². The van der Waals surface area contributed by atoms with Crippen LogP contribution in [0.5, 0.6) is 0 Å². The maximum Gasteiger partial charge on any atom is 0.0515 e. The molecule has 0 aliphatic rings. The van der Waals surface area contributed by atoms with Gasteiger partial charge in [0.1, 0.15) is 0 Å². The molecule has 112 valence electrons. The zero-order valence-corrected chi connectivity index (χ0v) is 13.9. The summed E-state index contributed by atoms with van der Waals surface area (Å²) in [6.45, 7) is -0.185. The smallest absolute Gasteiger partial charge is 0.0515 e. The van der Waals surface area contributed by atoms with Crippen molar-refractivity contribution < 1.29 is 10.2 Å². The molecule has 0 amide bonds. The van der Waals surface area contributed by atoms with Crippen molar-refractivity contribution in [2.45, 2.75) is 12.8 Å². The molecule has 0 fully saturated rings. The van der Waals surface area contributed by atoms with Gasteiger partial charge >= 0.3 is 0 Å². The highest BCUT2D eigenvalue weighted by Gasteiger charge is 2.30. The first kappa shape index (κ1) is 16.5. The van der Waals surface area contributed by atoms with Gasteiger partial charge in [0.15, 0.2) is 0 Å². The summed E-state index contributed by atoms with van der Waals surface area (Å²) >= 11 is 9.64. The van der Waals surface area contributed by atoms with E-state index in [1.165, 1.54) is 0 Å². The standard InChI is InChI=1S/C17H18BrClO2/c18-15-7-6-14(16(19)8-15)10-17(11-20,12-21)9-13-4-2-1-3-5-13/h1-8,20-21H,9-12H2. The molecule has 0 unspecified atom stereocenters. The van der Waals surface area contributed by atoms with Crippen LogP contribution in [0.3, 0.4) is 0 Å². The van der Waals surface area contributed by atoms with Gasteiger partial charge in [0.05, 0.1) is 13.2 Å². The van der Waals surface area contributed by atoms with E-state index in [1.807, 2.05) is 48.5 Å². The van der Waals surface area contributed by atoms with Gasteiger partial charge in [-0.25, -0.2) is 0 Å². The molecule has 0 heterocycles. The van der Waals surface area contributed by atoms with Crippen molar-refractivity contribution in [2.75, 3.05) is 13.2 Å². The third-order valence-electron chi connectivity index (χ3n) is 3.67. The third-order valence-corrected chi connectivity index (χ3v) is 4.52. The second-order valence-corrected chi connectivity index (χ2v) is 6.71. The number of rotatable bonds is 6. The number of aliphatic hydroxyl groups is 2. The van der Waals surface area contributed by atoms with Crippen molar-refractivity contribution >= 4 is 27.5 Å². The van der Waals surface area contributed by atoms with Crippen LogP contribution in [-0.2, 0) is 12.8 Å². The predicted octanol–water partition coefficient (Wildman–Crippen LogP) is 3.86. The SMILES string of the molecule is OCC(CO)(Cc1ccccc1)Cc1ccc(Br)cc1Cl. The fraction of sp³-hybridized carbons (Fsp3) is 0.294. The molecule has 0 saturated heterocycles. The van der Waals surface area contributed by atoms with E-state index in [-0.39, 0.29) is 13.2 Å². The molecule has 0 bridgehead atoms. The van der Waals surface area contributed by atoms with Gasteiger partial charge in [0, 0.05) is 14.9 Å². The van der Waals surface area contributed by atoms with Crippen molar-refractivity contribution in [1.29, 1.82) is 0 Å². The maximum absolute atomic E-state index is 9.83. The normalized spacial score (nSPS) is 11.6. The van der Waals surface area contributed by atoms with Crippen LogP contribution in [0.2, 0.25) is 5.02 Å². The quantitative estimate of drug-likeness (QED) is 0.812. The van der Waals surface area contributed by atoms with E-state index in [9.17, 15) is 10.2 Å². The molecular weight excluding hydrogens is 352 g/mol. The van der Waals surface area contributed by atoms with Crippen LogP contribution in [-0.4, -0.2) is 23.4 Å². The first-order chi connectivity index (χ1) is 10.1. The number of halogens is 2. The van der Waals surface area contributed by atoms with Crippen molar-refractivity contribution in [3.63, 3.8) is 0 Å². The largest absolute Gasteiger partial charge is 0.396 e. The molecule has 2 aromatic carbocycles. The summed E-state index contributed by atoms with van der Waals surface area (Å²) in [5, 5.41) is 20.3. The van der Waals surface area contributed by atoms with Gasteiger partial charge in [-0.3, -0.25) is 0 Å². The lowest BCUT2D eigenvalue weighted by Gasteiger charge is -2.30. The second-order valence-electron chi connectivity index (χ2n) is 5.39. The molecule has 0 aromatic heterocycles. The van der Waals surface area contributed by atoms with E-state index in [4.69, 9.17) is 11.6 Å². The summed E-state index contributed by atoms with van der Waals surface area (Å²) in [7, 11) is 0. The zero-order chi connectivity index (χ0) is 15.3. The molecule has 2 aromatic rings. The van der Waals surface area contributed by atoms with E-state index < -0.39 is 5.41 Å². The van der Waals surface area contributed by atoms with E-state index in [0.717, 1.165) is 15.6 Å². The Hall–Kier alpha value is -0.870. The molecule has 0 radical (unpaired) electrons. The average molecular weight is 370 g/mol. The molecule has 0 spiro atoms. The van der Waals surface area contributed by atoms with Crippen LogP contribution >= 0.6 is 27.5 Å². The van der Waals surface area contributed by atoms with Crippen LogP contribution in [0.25, 0.3) is 0 Å². The van der Waals surface area contributed by atoms with Gasteiger partial charge in [0.2, 0.25) is 0 Å². The van der Waals surface area contributed by atoms with Gasteiger partial charge in [-0.2, -0.15) is 0 Å². The molecule has 2 rings (SSSR count). The Morgan fingerprint density at radius 3 is 2.19 bits per heavy atom. The first-order valence-electron chi connectivity index (χ1n) is 6.78. The lowest BCUT2D eigenvalue weighted by atomic mass is 9.78. The first-order valence-corrected chi connectivity index (χ1v) is 7.95. The highest BCUT2D eigenvalue weighted by molar-refractivity contribution is 9.10. The Labute approximate surface area is 138 Å². The predicted molar refractivity (Wildman–Crippen MR) is 89.6 cm³/mol.